The van der Waals surface area contributed by atoms with E-state index in [4.69, 9.17) is 5.84 Å². The van der Waals surface area contributed by atoms with E-state index < -0.39 is 0 Å². The number of aryl methyl sites for hydroxylation is 1. The number of carbonyl (C=O) groups excluding carboxylic acids is 1. The minimum atomic E-state index is 0.0447. The molecular formula is C16H24N4O. The first-order valence-electron chi connectivity index (χ1n) is 7.86. The van der Waals surface area contributed by atoms with Gasteiger partial charge >= 0.3 is 0 Å². The number of hydrogen-bond donors (Lipinski definition) is 2. The van der Waals surface area contributed by atoms with Crippen molar-refractivity contribution >= 4 is 11.6 Å². The molecule has 5 heteroatoms. The Morgan fingerprint density at radius 3 is 2.57 bits per heavy atom. The maximum atomic E-state index is 12.7. The van der Waals surface area contributed by atoms with E-state index in [1.54, 1.807) is 6.20 Å². The lowest BCUT2D eigenvalue weighted by molar-refractivity contribution is 0.0588. The SMILES string of the molecule is Cc1cc(NN)c(C(=O)N2CCC3(CCCC3)CC2)cn1. The number of likely N-dealkylation sites (tertiary alicyclic amines) is 1. The smallest absolute Gasteiger partial charge is 0.257 e. The summed E-state index contributed by atoms with van der Waals surface area (Å²) in [6.45, 7) is 3.60. The lowest BCUT2D eigenvalue weighted by Crippen LogP contribution is -2.42. The Bertz CT molecular complexity index is 527. The minimum absolute atomic E-state index is 0.0447. The molecule has 1 aromatic heterocycles. The van der Waals surface area contributed by atoms with Gasteiger partial charge in [0.1, 0.15) is 0 Å². The molecule has 0 atom stereocenters. The predicted molar refractivity (Wildman–Crippen MR) is 82.8 cm³/mol. The second kappa shape index (κ2) is 5.64. The molecule has 0 aromatic carbocycles. The molecule has 1 aliphatic heterocycles. The summed E-state index contributed by atoms with van der Waals surface area (Å²) in [6.07, 6.45) is 9.32. The number of nitrogen functional groups attached to an aromatic ring is 1. The quantitative estimate of drug-likeness (QED) is 0.648. The number of amides is 1. The molecule has 1 amide bonds. The number of anilines is 1. The first-order chi connectivity index (χ1) is 10.1. The van der Waals surface area contributed by atoms with Crippen molar-refractivity contribution in [2.45, 2.75) is 45.4 Å². The third-order valence-electron chi connectivity index (χ3n) is 5.20. The Morgan fingerprint density at radius 1 is 1.29 bits per heavy atom. The number of hydrogen-bond acceptors (Lipinski definition) is 4. The van der Waals surface area contributed by atoms with Gasteiger partial charge in [-0.25, -0.2) is 0 Å². The lowest BCUT2D eigenvalue weighted by atomic mass is 9.77. The molecule has 0 radical (unpaired) electrons. The zero-order valence-electron chi connectivity index (χ0n) is 12.7. The molecule has 114 valence electrons. The molecule has 2 heterocycles. The highest BCUT2D eigenvalue weighted by molar-refractivity contribution is 5.99. The molecule has 1 spiro atoms. The van der Waals surface area contributed by atoms with Gasteiger partial charge in [-0.05, 0) is 44.1 Å². The zero-order chi connectivity index (χ0) is 14.9. The van der Waals surface area contributed by atoms with Gasteiger partial charge in [-0.2, -0.15) is 0 Å². The van der Waals surface area contributed by atoms with Crippen molar-refractivity contribution in [1.82, 2.24) is 9.88 Å². The molecule has 2 aliphatic rings. The normalized spacial score (nSPS) is 20.8. The van der Waals surface area contributed by atoms with E-state index in [0.29, 0.717) is 16.7 Å². The number of nitrogens with two attached hydrogens (primary N) is 1. The van der Waals surface area contributed by atoms with E-state index in [9.17, 15) is 4.79 Å². The number of piperidine rings is 1. The van der Waals surface area contributed by atoms with Crippen LogP contribution in [0, 0.1) is 12.3 Å². The fourth-order valence-corrected chi connectivity index (χ4v) is 3.83. The third kappa shape index (κ3) is 2.75. The van der Waals surface area contributed by atoms with E-state index in [-0.39, 0.29) is 5.91 Å². The molecule has 0 bridgehead atoms. The summed E-state index contributed by atoms with van der Waals surface area (Å²) in [4.78, 5) is 18.9. The van der Waals surface area contributed by atoms with E-state index in [1.807, 2.05) is 17.9 Å². The van der Waals surface area contributed by atoms with Crippen LogP contribution < -0.4 is 11.3 Å². The van der Waals surface area contributed by atoms with Crippen molar-refractivity contribution < 1.29 is 4.79 Å². The van der Waals surface area contributed by atoms with Gasteiger partial charge in [0.25, 0.3) is 5.91 Å². The Hall–Kier alpha value is -1.62. The average molecular weight is 288 g/mol. The molecule has 0 unspecified atom stereocenters. The Kier molecular flexibility index (Phi) is 3.85. The van der Waals surface area contributed by atoms with Crippen LogP contribution in [0.2, 0.25) is 0 Å². The van der Waals surface area contributed by atoms with E-state index in [2.05, 4.69) is 10.4 Å². The highest BCUT2D eigenvalue weighted by Gasteiger charge is 2.38. The topological polar surface area (TPSA) is 71.2 Å². The van der Waals surface area contributed by atoms with E-state index in [0.717, 1.165) is 31.6 Å². The van der Waals surface area contributed by atoms with Gasteiger partial charge in [0.05, 0.1) is 11.3 Å². The van der Waals surface area contributed by atoms with Gasteiger partial charge < -0.3 is 10.3 Å². The van der Waals surface area contributed by atoms with Crippen molar-refractivity contribution in [2.75, 3.05) is 18.5 Å². The molecule has 5 nitrogen and oxygen atoms in total. The summed E-state index contributed by atoms with van der Waals surface area (Å²) < 4.78 is 0. The molecule has 1 aliphatic carbocycles. The molecule has 21 heavy (non-hydrogen) atoms. The third-order valence-corrected chi connectivity index (χ3v) is 5.20. The van der Waals surface area contributed by atoms with Gasteiger partial charge in [0.2, 0.25) is 0 Å². The number of nitrogens with zero attached hydrogens (tertiary/aromatic N) is 2. The number of carbonyl (C=O) groups is 1. The van der Waals surface area contributed by atoms with Crippen LogP contribution in [0.3, 0.4) is 0 Å². The van der Waals surface area contributed by atoms with E-state index >= 15 is 0 Å². The second-order valence-electron chi connectivity index (χ2n) is 6.51. The van der Waals surface area contributed by atoms with Crippen molar-refractivity contribution in [3.8, 4) is 0 Å². The van der Waals surface area contributed by atoms with Crippen molar-refractivity contribution in [2.24, 2.45) is 11.3 Å². The van der Waals surface area contributed by atoms with Crippen LogP contribution in [0.25, 0.3) is 0 Å². The minimum Gasteiger partial charge on any atom is -0.338 e. The fraction of sp³-hybridized carbons (Fsp3) is 0.625. The maximum Gasteiger partial charge on any atom is 0.257 e. The number of hydrazine groups is 1. The Morgan fingerprint density at radius 2 is 1.95 bits per heavy atom. The van der Waals surface area contributed by atoms with Crippen LogP contribution in [0.4, 0.5) is 5.69 Å². The van der Waals surface area contributed by atoms with Gasteiger partial charge in [-0.15, -0.1) is 0 Å². The van der Waals surface area contributed by atoms with Crippen LogP contribution in [0.5, 0.6) is 0 Å². The van der Waals surface area contributed by atoms with Gasteiger partial charge in [0, 0.05) is 25.0 Å². The monoisotopic (exact) mass is 288 g/mol. The molecule has 1 saturated heterocycles. The molecule has 1 saturated carbocycles. The second-order valence-corrected chi connectivity index (χ2v) is 6.51. The summed E-state index contributed by atoms with van der Waals surface area (Å²) in [6, 6.07) is 1.82. The first-order valence-corrected chi connectivity index (χ1v) is 7.86. The summed E-state index contributed by atoms with van der Waals surface area (Å²) in [5.74, 6) is 5.58. The number of rotatable bonds is 2. The summed E-state index contributed by atoms with van der Waals surface area (Å²) in [5, 5.41) is 0. The zero-order valence-corrected chi connectivity index (χ0v) is 12.7. The molecule has 2 fully saturated rings. The van der Waals surface area contributed by atoms with Crippen LogP contribution in [-0.2, 0) is 0 Å². The van der Waals surface area contributed by atoms with Crippen molar-refractivity contribution in [3.63, 3.8) is 0 Å². The van der Waals surface area contributed by atoms with Gasteiger partial charge in [-0.1, -0.05) is 12.8 Å². The highest BCUT2D eigenvalue weighted by atomic mass is 16.2. The molecule has 3 rings (SSSR count). The van der Waals surface area contributed by atoms with E-state index in [1.165, 1.54) is 25.7 Å². The number of pyridine rings is 1. The highest BCUT2D eigenvalue weighted by Crippen LogP contribution is 2.46. The number of nitrogens with one attached hydrogen (secondary N) is 1. The number of aromatic nitrogens is 1. The van der Waals surface area contributed by atoms with Crippen LogP contribution in [-0.4, -0.2) is 28.9 Å². The predicted octanol–water partition coefficient (Wildman–Crippen LogP) is 2.47. The molecular weight excluding hydrogens is 264 g/mol. The van der Waals surface area contributed by atoms with Crippen molar-refractivity contribution in [3.05, 3.63) is 23.5 Å². The average Bonchev–Trinajstić information content (AvgIpc) is 2.95. The van der Waals surface area contributed by atoms with Crippen LogP contribution >= 0.6 is 0 Å². The first kappa shape index (κ1) is 14.3. The standard InChI is InChI=1S/C16H24N4O/c1-12-10-14(19-17)13(11-18-12)15(21)20-8-6-16(7-9-20)4-2-3-5-16/h10-11H,2-9,17H2,1H3,(H,18,19). The Labute approximate surface area is 125 Å². The van der Waals surface area contributed by atoms with Crippen LogP contribution in [0.1, 0.15) is 54.6 Å². The van der Waals surface area contributed by atoms with Crippen molar-refractivity contribution in [1.29, 1.82) is 0 Å². The molecule has 1 aromatic rings. The van der Waals surface area contributed by atoms with Gasteiger partial charge in [-0.3, -0.25) is 15.6 Å². The summed E-state index contributed by atoms with van der Waals surface area (Å²) in [5.41, 5.74) is 5.23. The van der Waals surface area contributed by atoms with Gasteiger partial charge in [0.15, 0.2) is 0 Å². The summed E-state index contributed by atoms with van der Waals surface area (Å²) >= 11 is 0. The largest absolute Gasteiger partial charge is 0.338 e. The fourth-order valence-electron chi connectivity index (χ4n) is 3.83. The lowest BCUT2D eigenvalue weighted by Gasteiger charge is -2.39. The van der Waals surface area contributed by atoms with Crippen LogP contribution in [0.15, 0.2) is 12.3 Å². The summed E-state index contributed by atoms with van der Waals surface area (Å²) in [7, 11) is 0. The molecule has 3 N–H and O–H groups in total. The maximum absolute atomic E-state index is 12.7. The Balaban J connectivity index is 1.72.